The molecule has 0 radical (unpaired) electrons. The summed E-state index contributed by atoms with van der Waals surface area (Å²) in [6.07, 6.45) is 5.95. The number of ether oxygens (including phenoxy) is 2. The second kappa shape index (κ2) is 8.18. The molecule has 0 spiro atoms. The monoisotopic (exact) mass is 372 g/mol. The normalized spacial score (nSPS) is 21.4. The number of aliphatic carboxylic acids is 1. The Morgan fingerprint density at radius 3 is 2.52 bits per heavy atom. The number of carboxylic acid groups (broad SMARTS) is 1. The first-order chi connectivity index (χ1) is 13.0. The van der Waals surface area contributed by atoms with Crippen LogP contribution in [-0.2, 0) is 10.3 Å². The van der Waals surface area contributed by atoms with Crippen LogP contribution in [0.25, 0.3) is 4.85 Å². The summed E-state index contributed by atoms with van der Waals surface area (Å²) in [5, 5.41) is 9.24. The number of benzene rings is 1. The molecule has 1 N–H and O–H groups in total. The van der Waals surface area contributed by atoms with Crippen molar-refractivity contribution in [2.75, 3.05) is 20.2 Å². The van der Waals surface area contributed by atoms with Crippen LogP contribution >= 0.6 is 0 Å². The molecule has 0 unspecified atom stereocenters. The van der Waals surface area contributed by atoms with E-state index in [4.69, 9.17) is 16.0 Å². The van der Waals surface area contributed by atoms with Crippen LogP contribution in [0.2, 0.25) is 0 Å². The zero-order chi connectivity index (χ0) is 19.4. The van der Waals surface area contributed by atoms with Gasteiger partial charge in [0.1, 0.15) is 6.04 Å². The third-order valence-corrected chi connectivity index (χ3v) is 6.04. The Labute approximate surface area is 160 Å². The highest BCUT2D eigenvalue weighted by molar-refractivity contribution is 5.72. The summed E-state index contributed by atoms with van der Waals surface area (Å²) in [6, 6.07) is 5.28. The van der Waals surface area contributed by atoms with E-state index in [1.807, 2.05) is 23.1 Å². The van der Waals surface area contributed by atoms with Crippen LogP contribution in [0.3, 0.4) is 0 Å². The number of likely N-dealkylation sites (tertiary alicyclic amines) is 1. The molecular formula is C21H28N2O4. The number of nitrogens with zero attached hydrogens (tertiary/aromatic N) is 2. The zero-order valence-electron chi connectivity index (χ0n) is 16.1. The van der Waals surface area contributed by atoms with E-state index >= 15 is 0 Å². The molecule has 6 nitrogen and oxygen atoms in total. The van der Waals surface area contributed by atoms with E-state index < -0.39 is 17.6 Å². The lowest BCUT2D eigenvalue weighted by Gasteiger charge is -2.36. The molecule has 1 saturated heterocycles. The largest absolute Gasteiger partial charge is 0.493 e. The van der Waals surface area contributed by atoms with Crippen LogP contribution in [-0.4, -0.2) is 48.3 Å². The number of hydrogen-bond acceptors (Lipinski definition) is 4. The Balaban J connectivity index is 1.81. The third-order valence-electron chi connectivity index (χ3n) is 6.04. The van der Waals surface area contributed by atoms with Crippen LogP contribution in [0.5, 0.6) is 11.5 Å². The Kier molecular flexibility index (Phi) is 5.91. The van der Waals surface area contributed by atoms with Gasteiger partial charge in [-0.05, 0) is 50.8 Å². The number of hydrogen-bond donors (Lipinski definition) is 1. The van der Waals surface area contributed by atoms with Crippen LogP contribution in [0, 0.1) is 6.57 Å². The van der Waals surface area contributed by atoms with Gasteiger partial charge in [-0.1, -0.05) is 0 Å². The number of rotatable bonds is 6. The standard InChI is InChI=1S/C21H28N2O4/c1-15(20(24)25)23-12-10-21(22-2,11-13-23)16-8-9-18(26-3)19(14-16)27-17-6-4-5-7-17/h8-9,14-15,17H,4-7,10-13H2,1,3H3,(H,24,25)/t15-/m1/s1. The van der Waals surface area contributed by atoms with Crippen molar-refractivity contribution in [3.63, 3.8) is 0 Å². The van der Waals surface area contributed by atoms with E-state index in [1.165, 1.54) is 12.8 Å². The smallest absolute Gasteiger partial charge is 0.320 e. The van der Waals surface area contributed by atoms with Crippen LogP contribution in [0.15, 0.2) is 18.2 Å². The average molecular weight is 372 g/mol. The van der Waals surface area contributed by atoms with Crippen molar-refractivity contribution in [3.8, 4) is 11.5 Å². The molecule has 1 atom stereocenters. The quantitative estimate of drug-likeness (QED) is 0.772. The van der Waals surface area contributed by atoms with Crippen molar-refractivity contribution in [1.29, 1.82) is 0 Å². The average Bonchev–Trinajstić information content (AvgIpc) is 3.20. The summed E-state index contributed by atoms with van der Waals surface area (Å²) in [5.74, 6) is 0.594. The van der Waals surface area contributed by atoms with Crippen molar-refractivity contribution in [2.45, 2.75) is 63.1 Å². The van der Waals surface area contributed by atoms with Gasteiger partial charge < -0.3 is 19.4 Å². The Hall–Kier alpha value is -2.26. The van der Waals surface area contributed by atoms with E-state index in [0.29, 0.717) is 37.4 Å². The summed E-state index contributed by atoms with van der Waals surface area (Å²) < 4.78 is 11.7. The fourth-order valence-corrected chi connectivity index (χ4v) is 4.15. The Bertz CT molecular complexity index is 713. The number of methoxy groups -OCH3 is 1. The molecule has 1 aliphatic heterocycles. The molecule has 1 aromatic carbocycles. The summed E-state index contributed by atoms with van der Waals surface area (Å²) in [5.41, 5.74) is 0.309. The molecule has 1 aliphatic carbocycles. The van der Waals surface area contributed by atoms with Gasteiger partial charge in [0.25, 0.3) is 5.54 Å². The highest BCUT2D eigenvalue weighted by Gasteiger charge is 2.44. The van der Waals surface area contributed by atoms with E-state index in [2.05, 4.69) is 4.85 Å². The van der Waals surface area contributed by atoms with E-state index in [9.17, 15) is 9.90 Å². The maximum Gasteiger partial charge on any atom is 0.320 e. The molecule has 0 bridgehead atoms. The number of carboxylic acids is 1. The van der Waals surface area contributed by atoms with E-state index in [-0.39, 0.29) is 6.10 Å². The van der Waals surface area contributed by atoms with Crippen LogP contribution in [0.4, 0.5) is 0 Å². The predicted octanol–water partition coefficient (Wildman–Crippen LogP) is 3.70. The van der Waals surface area contributed by atoms with Gasteiger partial charge >= 0.3 is 5.97 Å². The van der Waals surface area contributed by atoms with Gasteiger partial charge in [-0.25, -0.2) is 6.57 Å². The van der Waals surface area contributed by atoms with Gasteiger partial charge in [-0.2, -0.15) is 0 Å². The van der Waals surface area contributed by atoms with E-state index in [1.54, 1.807) is 14.0 Å². The molecule has 1 aromatic rings. The fourth-order valence-electron chi connectivity index (χ4n) is 4.15. The Morgan fingerprint density at radius 1 is 1.30 bits per heavy atom. The van der Waals surface area contributed by atoms with Crippen molar-refractivity contribution in [3.05, 3.63) is 35.2 Å². The molecule has 146 valence electrons. The zero-order valence-corrected chi connectivity index (χ0v) is 16.1. The SMILES string of the molecule is [C-]#[N+]C1(c2ccc(OC)c(OC3CCCC3)c2)CCN([C@H](C)C(=O)O)CC1. The molecule has 2 fully saturated rings. The summed E-state index contributed by atoms with van der Waals surface area (Å²) >= 11 is 0. The van der Waals surface area contributed by atoms with Gasteiger partial charge in [0, 0.05) is 31.5 Å². The summed E-state index contributed by atoms with van der Waals surface area (Å²) in [7, 11) is 1.63. The number of piperidine rings is 1. The minimum atomic E-state index is -0.818. The molecule has 0 amide bonds. The highest BCUT2D eigenvalue weighted by atomic mass is 16.5. The lowest BCUT2D eigenvalue weighted by Crippen LogP contribution is -2.47. The highest BCUT2D eigenvalue weighted by Crippen LogP contribution is 2.42. The second-order valence-electron chi connectivity index (χ2n) is 7.58. The maximum atomic E-state index is 11.2. The maximum absolute atomic E-state index is 11.2. The van der Waals surface area contributed by atoms with Gasteiger partial charge in [0.2, 0.25) is 0 Å². The molecule has 3 rings (SSSR count). The van der Waals surface area contributed by atoms with Crippen molar-refractivity contribution < 1.29 is 19.4 Å². The van der Waals surface area contributed by atoms with Gasteiger partial charge in [0.05, 0.1) is 13.2 Å². The van der Waals surface area contributed by atoms with Crippen molar-refractivity contribution in [2.24, 2.45) is 0 Å². The van der Waals surface area contributed by atoms with Crippen LogP contribution < -0.4 is 9.47 Å². The van der Waals surface area contributed by atoms with Gasteiger partial charge in [-0.3, -0.25) is 9.69 Å². The summed E-state index contributed by atoms with van der Waals surface area (Å²) in [6.45, 7) is 10.7. The third kappa shape index (κ3) is 4.03. The fraction of sp³-hybridized carbons (Fsp3) is 0.619. The molecular weight excluding hydrogens is 344 g/mol. The molecule has 0 aromatic heterocycles. The predicted molar refractivity (Wildman–Crippen MR) is 102 cm³/mol. The molecule has 6 heteroatoms. The first-order valence-corrected chi connectivity index (χ1v) is 9.70. The molecule has 1 saturated carbocycles. The summed E-state index contributed by atoms with van der Waals surface area (Å²) in [4.78, 5) is 17.2. The molecule has 1 heterocycles. The van der Waals surface area contributed by atoms with Gasteiger partial charge in [0.15, 0.2) is 11.5 Å². The lowest BCUT2D eigenvalue weighted by molar-refractivity contribution is -0.143. The van der Waals surface area contributed by atoms with Gasteiger partial charge in [-0.15, -0.1) is 0 Å². The Morgan fingerprint density at radius 2 is 1.96 bits per heavy atom. The topological polar surface area (TPSA) is 63.4 Å². The number of carbonyl (C=O) groups is 1. The first kappa shape index (κ1) is 19.5. The first-order valence-electron chi connectivity index (χ1n) is 9.70. The van der Waals surface area contributed by atoms with Crippen molar-refractivity contribution >= 4 is 5.97 Å². The minimum absolute atomic E-state index is 0.219. The van der Waals surface area contributed by atoms with Crippen LogP contribution in [0.1, 0.15) is 51.0 Å². The van der Waals surface area contributed by atoms with Crippen molar-refractivity contribution in [1.82, 2.24) is 4.90 Å². The lowest BCUT2D eigenvalue weighted by atomic mass is 9.81. The van der Waals surface area contributed by atoms with E-state index in [0.717, 1.165) is 18.4 Å². The minimum Gasteiger partial charge on any atom is -0.493 e. The second-order valence-corrected chi connectivity index (χ2v) is 7.58. The molecule has 27 heavy (non-hydrogen) atoms. The molecule has 2 aliphatic rings.